The van der Waals surface area contributed by atoms with Gasteiger partial charge in [-0.2, -0.15) is 0 Å². The zero-order chi connectivity index (χ0) is 17.9. The summed E-state index contributed by atoms with van der Waals surface area (Å²) in [6.45, 7) is 0.844. The highest BCUT2D eigenvalue weighted by atomic mass is 16.5. The van der Waals surface area contributed by atoms with Crippen molar-refractivity contribution in [3.8, 4) is 0 Å². The molecule has 3 fully saturated rings. The van der Waals surface area contributed by atoms with Crippen molar-refractivity contribution in [1.82, 2.24) is 5.32 Å². The number of ketones is 1. The summed E-state index contributed by atoms with van der Waals surface area (Å²) in [6.07, 6.45) is 8.15. The maximum absolute atomic E-state index is 12.5. The summed E-state index contributed by atoms with van der Waals surface area (Å²) in [4.78, 5) is 24.6. The molecule has 3 aliphatic rings. The first-order valence-electron chi connectivity index (χ1n) is 10.2. The molecule has 2 aliphatic carbocycles. The molecule has 0 spiro atoms. The standard InChI is InChI=1S/C22H29NO3/c24-18(15-7-2-1-3-8-15)11-6-12-19(25)23-21-17-13-14-26-22(17)20(21)16-9-4-5-10-16/h1-3,7-8,16-17,20-22H,4-6,9-14H2,(H,23,25)/t17-,20+,21-,22-/m0/s1. The van der Waals surface area contributed by atoms with Crippen LogP contribution in [-0.4, -0.2) is 30.4 Å². The molecule has 0 aromatic heterocycles. The van der Waals surface area contributed by atoms with E-state index in [1.807, 2.05) is 30.3 Å². The largest absolute Gasteiger partial charge is 0.377 e. The molecule has 140 valence electrons. The highest BCUT2D eigenvalue weighted by molar-refractivity contribution is 5.96. The van der Waals surface area contributed by atoms with E-state index in [4.69, 9.17) is 4.74 Å². The number of benzene rings is 1. The molecular weight excluding hydrogens is 326 g/mol. The van der Waals surface area contributed by atoms with Crippen molar-refractivity contribution in [1.29, 1.82) is 0 Å². The Morgan fingerprint density at radius 2 is 1.81 bits per heavy atom. The van der Waals surface area contributed by atoms with E-state index in [-0.39, 0.29) is 11.7 Å². The molecule has 26 heavy (non-hydrogen) atoms. The van der Waals surface area contributed by atoms with E-state index in [1.54, 1.807) is 0 Å². The van der Waals surface area contributed by atoms with Crippen molar-refractivity contribution < 1.29 is 14.3 Å². The predicted molar refractivity (Wildman–Crippen MR) is 99.8 cm³/mol. The molecule has 1 aromatic carbocycles. The van der Waals surface area contributed by atoms with Crippen LogP contribution in [-0.2, 0) is 9.53 Å². The lowest BCUT2D eigenvalue weighted by molar-refractivity contribution is -0.130. The van der Waals surface area contributed by atoms with Crippen LogP contribution in [0.25, 0.3) is 0 Å². The van der Waals surface area contributed by atoms with E-state index < -0.39 is 0 Å². The van der Waals surface area contributed by atoms with Gasteiger partial charge in [0.1, 0.15) is 0 Å². The van der Waals surface area contributed by atoms with Gasteiger partial charge in [-0.3, -0.25) is 9.59 Å². The second-order valence-electron chi connectivity index (χ2n) is 8.15. The Labute approximate surface area is 155 Å². The van der Waals surface area contributed by atoms with Crippen LogP contribution < -0.4 is 5.32 Å². The van der Waals surface area contributed by atoms with Crippen LogP contribution in [0.15, 0.2) is 30.3 Å². The number of carbonyl (C=O) groups excluding carboxylic acids is 2. The van der Waals surface area contributed by atoms with Gasteiger partial charge in [0, 0.05) is 42.9 Å². The van der Waals surface area contributed by atoms with Crippen LogP contribution in [0.5, 0.6) is 0 Å². The summed E-state index contributed by atoms with van der Waals surface area (Å²) in [6, 6.07) is 9.62. The minimum absolute atomic E-state index is 0.101. The molecule has 1 aliphatic heterocycles. The molecule has 0 radical (unpaired) electrons. The quantitative estimate of drug-likeness (QED) is 0.758. The Balaban J connectivity index is 1.25. The molecular formula is C22H29NO3. The van der Waals surface area contributed by atoms with Crippen LogP contribution in [0.4, 0.5) is 0 Å². The fourth-order valence-electron chi connectivity index (χ4n) is 5.30. The van der Waals surface area contributed by atoms with Crippen LogP contribution in [0.1, 0.15) is 61.7 Å². The van der Waals surface area contributed by atoms with Crippen LogP contribution in [0, 0.1) is 17.8 Å². The van der Waals surface area contributed by atoms with Crippen LogP contribution in [0.3, 0.4) is 0 Å². The first kappa shape index (κ1) is 17.7. The fraction of sp³-hybridized carbons (Fsp3) is 0.636. The molecule has 4 atom stereocenters. The average Bonchev–Trinajstić information content (AvgIpc) is 3.31. The molecule has 4 rings (SSSR count). The van der Waals surface area contributed by atoms with Gasteiger partial charge in [0.05, 0.1) is 6.10 Å². The highest BCUT2D eigenvalue weighted by Crippen LogP contribution is 2.51. The van der Waals surface area contributed by atoms with Gasteiger partial charge in [0.15, 0.2) is 5.78 Å². The number of carbonyl (C=O) groups is 2. The minimum atomic E-state index is 0.101. The van der Waals surface area contributed by atoms with E-state index in [9.17, 15) is 9.59 Å². The van der Waals surface area contributed by atoms with E-state index in [0.717, 1.165) is 24.5 Å². The molecule has 0 unspecified atom stereocenters. The SMILES string of the molecule is O=C(CCCC(=O)c1ccccc1)N[C@H]1[C@@H]2CCO[C@@H]2[C@@H]1C1CCCC1. The zero-order valence-electron chi connectivity index (χ0n) is 15.4. The summed E-state index contributed by atoms with van der Waals surface area (Å²) in [7, 11) is 0. The van der Waals surface area contributed by atoms with Gasteiger partial charge in [-0.15, -0.1) is 0 Å². The Morgan fingerprint density at radius 3 is 2.58 bits per heavy atom. The number of ether oxygens (including phenoxy) is 1. The molecule has 1 saturated heterocycles. The number of Topliss-reactive ketones (excluding diaryl/α,β-unsaturated/α-hetero) is 1. The first-order valence-corrected chi connectivity index (χ1v) is 10.2. The Bertz CT molecular complexity index is 633. The topological polar surface area (TPSA) is 55.4 Å². The summed E-state index contributed by atoms with van der Waals surface area (Å²) < 4.78 is 5.95. The van der Waals surface area contributed by atoms with E-state index in [0.29, 0.717) is 43.2 Å². The number of rotatable bonds is 7. The Morgan fingerprint density at radius 1 is 1.04 bits per heavy atom. The third-order valence-corrected chi connectivity index (χ3v) is 6.61. The number of nitrogens with one attached hydrogen (secondary N) is 1. The number of hydrogen-bond acceptors (Lipinski definition) is 3. The highest BCUT2D eigenvalue weighted by Gasteiger charge is 2.56. The Kier molecular flexibility index (Phi) is 5.39. The van der Waals surface area contributed by atoms with E-state index >= 15 is 0 Å². The number of fused-ring (bicyclic) bond motifs is 1. The fourth-order valence-corrected chi connectivity index (χ4v) is 5.30. The Hall–Kier alpha value is -1.68. The van der Waals surface area contributed by atoms with Crippen LogP contribution >= 0.6 is 0 Å². The molecule has 1 amide bonds. The molecule has 4 nitrogen and oxygen atoms in total. The van der Waals surface area contributed by atoms with Crippen molar-refractivity contribution in [3.63, 3.8) is 0 Å². The van der Waals surface area contributed by atoms with Crippen molar-refractivity contribution in [2.24, 2.45) is 17.8 Å². The van der Waals surface area contributed by atoms with Gasteiger partial charge in [-0.05, 0) is 18.8 Å². The van der Waals surface area contributed by atoms with Crippen molar-refractivity contribution >= 4 is 11.7 Å². The maximum atomic E-state index is 12.5. The molecule has 0 bridgehead atoms. The molecule has 1 heterocycles. The van der Waals surface area contributed by atoms with Crippen LogP contribution in [0.2, 0.25) is 0 Å². The third-order valence-electron chi connectivity index (χ3n) is 6.61. The summed E-state index contributed by atoms with van der Waals surface area (Å²) >= 11 is 0. The molecule has 1 aromatic rings. The van der Waals surface area contributed by atoms with E-state index in [2.05, 4.69) is 5.32 Å². The predicted octanol–water partition coefficient (Wildman–Crippen LogP) is 3.75. The van der Waals surface area contributed by atoms with Gasteiger partial charge in [-0.1, -0.05) is 56.0 Å². The van der Waals surface area contributed by atoms with Gasteiger partial charge in [-0.25, -0.2) is 0 Å². The molecule has 4 heteroatoms. The minimum Gasteiger partial charge on any atom is -0.377 e. The summed E-state index contributed by atoms with van der Waals surface area (Å²) in [5.74, 6) is 1.97. The van der Waals surface area contributed by atoms with Gasteiger partial charge in [0.2, 0.25) is 5.91 Å². The maximum Gasteiger partial charge on any atom is 0.220 e. The monoisotopic (exact) mass is 355 g/mol. The lowest BCUT2D eigenvalue weighted by Gasteiger charge is -2.50. The van der Waals surface area contributed by atoms with Crippen molar-refractivity contribution in [2.75, 3.05) is 6.61 Å². The number of amides is 1. The number of hydrogen-bond donors (Lipinski definition) is 1. The third kappa shape index (κ3) is 3.57. The van der Waals surface area contributed by atoms with Gasteiger partial charge >= 0.3 is 0 Å². The lowest BCUT2D eigenvalue weighted by Crippen LogP contribution is -2.63. The zero-order valence-corrected chi connectivity index (χ0v) is 15.4. The van der Waals surface area contributed by atoms with Crippen molar-refractivity contribution in [2.45, 2.75) is 63.5 Å². The normalized spacial score (nSPS) is 30.6. The molecule has 2 saturated carbocycles. The summed E-state index contributed by atoms with van der Waals surface area (Å²) in [5.41, 5.74) is 0.735. The van der Waals surface area contributed by atoms with E-state index in [1.165, 1.54) is 25.7 Å². The molecule has 1 N–H and O–H groups in total. The second kappa shape index (κ2) is 7.91. The van der Waals surface area contributed by atoms with Gasteiger partial charge < -0.3 is 10.1 Å². The lowest BCUT2D eigenvalue weighted by atomic mass is 9.61. The van der Waals surface area contributed by atoms with Gasteiger partial charge in [0.25, 0.3) is 0 Å². The average molecular weight is 355 g/mol. The van der Waals surface area contributed by atoms with Crippen molar-refractivity contribution in [3.05, 3.63) is 35.9 Å². The second-order valence-corrected chi connectivity index (χ2v) is 8.15. The smallest absolute Gasteiger partial charge is 0.220 e. The first-order chi connectivity index (χ1) is 12.7. The summed E-state index contributed by atoms with van der Waals surface area (Å²) in [5, 5.41) is 3.30.